The van der Waals surface area contributed by atoms with Crippen LogP contribution < -0.4 is 0 Å². The Morgan fingerprint density at radius 2 is 2.22 bits per heavy atom. The Morgan fingerprint density at radius 1 is 1.44 bits per heavy atom. The second kappa shape index (κ2) is 3.04. The van der Waals surface area contributed by atoms with Gasteiger partial charge in [0.15, 0.2) is 4.84 Å². The largest absolute Gasteiger partial charge is 0.264 e. The fourth-order valence-corrected chi connectivity index (χ4v) is 0.698. The van der Waals surface area contributed by atoms with Crippen LogP contribution in [0.3, 0.4) is 0 Å². The van der Waals surface area contributed by atoms with Gasteiger partial charge in [-0.2, -0.15) is 0 Å². The van der Waals surface area contributed by atoms with E-state index in [1.54, 1.807) is 24.5 Å². The summed E-state index contributed by atoms with van der Waals surface area (Å²) in [5, 5.41) is 0. The van der Waals surface area contributed by atoms with E-state index in [2.05, 4.69) is 4.98 Å². The molecule has 1 aromatic heterocycles. The monoisotopic (exact) mass is 160 g/mol. The SMILES string of the molecule is Cl[C](Cl)c1cccnc1. The molecule has 0 unspecified atom stereocenters. The molecule has 1 aromatic rings. The summed E-state index contributed by atoms with van der Waals surface area (Å²) in [5.41, 5.74) is 0.751. The number of pyridine rings is 1. The van der Waals surface area contributed by atoms with Gasteiger partial charge in [-0.1, -0.05) is 29.3 Å². The molecule has 0 bridgehead atoms. The van der Waals surface area contributed by atoms with Crippen molar-refractivity contribution in [1.29, 1.82) is 0 Å². The topological polar surface area (TPSA) is 12.9 Å². The Balaban J connectivity index is 2.85. The number of nitrogens with zero attached hydrogens (tertiary/aromatic N) is 1. The van der Waals surface area contributed by atoms with Crippen molar-refractivity contribution >= 4 is 23.2 Å². The van der Waals surface area contributed by atoms with Gasteiger partial charge in [0.25, 0.3) is 0 Å². The first kappa shape index (κ1) is 6.84. The van der Waals surface area contributed by atoms with E-state index in [1.165, 1.54) is 0 Å². The van der Waals surface area contributed by atoms with Crippen LogP contribution in [0.5, 0.6) is 0 Å². The van der Waals surface area contributed by atoms with Gasteiger partial charge in [-0.25, -0.2) is 0 Å². The molecule has 47 valence electrons. The van der Waals surface area contributed by atoms with E-state index in [9.17, 15) is 0 Å². The molecule has 0 aliphatic carbocycles. The van der Waals surface area contributed by atoms with Gasteiger partial charge >= 0.3 is 0 Å². The Morgan fingerprint density at radius 3 is 2.56 bits per heavy atom. The number of halogens is 2. The molecule has 0 aliphatic heterocycles. The van der Waals surface area contributed by atoms with Crippen LogP contribution in [-0.4, -0.2) is 4.98 Å². The van der Waals surface area contributed by atoms with E-state index < -0.39 is 0 Å². The average molecular weight is 161 g/mol. The molecule has 0 saturated carbocycles. The van der Waals surface area contributed by atoms with Gasteiger partial charge in [0.05, 0.1) is 0 Å². The average Bonchev–Trinajstić information content (AvgIpc) is 1.90. The zero-order chi connectivity index (χ0) is 6.69. The molecule has 0 fully saturated rings. The van der Waals surface area contributed by atoms with Gasteiger partial charge in [0, 0.05) is 18.0 Å². The van der Waals surface area contributed by atoms with Crippen molar-refractivity contribution in [1.82, 2.24) is 4.98 Å². The summed E-state index contributed by atoms with van der Waals surface area (Å²) in [6.45, 7) is 0. The lowest BCUT2D eigenvalue weighted by molar-refractivity contribution is 1.29. The minimum atomic E-state index is 0.253. The summed E-state index contributed by atoms with van der Waals surface area (Å²) in [5.74, 6) is 0. The molecule has 3 heteroatoms. The zero-order valence-electron chi connectivity index (χ0n) is 4.51. The number of hydrogen-bond donors (Lipinski definition) is 0. The Hall–Kier alpha value is -0.270. The first-order valence-corrected chi connectivity index (χ1v) is 3.14. The van der Waals surface area contributed by atoms with Gasteiger partial charge in [-0.15, -0.1) is 0 Å². The van der Waals surface area contributed by atoms with Crippen LogP contribution in [0.2, 0.25) is 0 Å². The van der Waals surface area contributed by atoms with E-state index >= 15 is 0 Å². The molecule has 1 rings (SSSR count). The highest BCUT2D eigenvalue weighted by atomic mass is 35.5. The number of rotatable bonds is 1. The highest BCUT2D eigenvalue weighted by Crippen LogP contribution is 2.21. The first-order valence-electron chi connectivity index (χ1n) is 2.39. The van der Waals surface area contributed by atoms with Crippen LogP contribution in [0, 0.1) is 4.84 Å². The van der Waals surface area contributed by atoms with E-state index in [0.717, 1.165) is 5.56 Å². The minimum absolute atomic E-state index is 0.253. The first-order chi connectivity index (χ1) is 4.30. The molecule has 1 nitrogen and oxygen atoms in total. The molecule has 0 aromatic carbocycles. The molecule has 0 aliphatic rings. The second-order valence-electron chi connectivity index (χ2n) is 1.50. The van der Waals surface area contributed by atoms with E-state index in [-0.39, 0.29) is 4.84 Å². The fraction of sp³-hybridized carbons (Fsp3) is 0. The summed E-state index contributed by atoms with van der Waals surface area (Å²) in [7, 11) is 0. The highest BCUT2D eigenvalue weighted by Gasteiger charge is 2.01. The lowest BCUT2D eigenvalue weighted by Crippen LogP contribution is -1.81. The molecular weight excluding hydrogens is 157 g/mol. The van der Waals surface area contributed by atoms with Crippen LogP contribution >= 0.6 is 23.2 Å². The smallest absolute Gasteiger partial charge is 0.181 e. The van der Waals surface area contributed by atoms with Gasteiger partial charge in [0.1, 0.15) is 0 Å². The van der Waals surface area contributed by atoms with Crippen molar-refractivity contribution < 1.29 is 0 Å². The van der Waals surface area contributed by atoms with E-state index in [1.807, 2.05) is 0 Å². The number of aromatic nitrogens is 1. The molecule has 1 heterocycles. The van der Waals surface area contributed by atoms with Crippen LogP contribution in [0.1, 0.15) is 5.56 Å². The molecular formula is C6H4Cl2N. The maximum Gasteiger partial charge on any atom is 0.181 e. The Labute approximate surface area is 63.6 Å². The zero-order valence-corrected chi connectivity index (χ0v) is 6.02. The predicted molar refractivity (Wildman–Crippen MR) is 38.3 cm³/mol. The van der Waals surface area contributed by atoms with Gasteiger partial charge in [-0.05, 0) is 6.07 Å². The van der Waals surface area contributed by atoms with Gasteiger partial charge in [0.2, 0.25) is 0 Å². The van der Waals surface area contributed by atoms with Crippen LogP contribution in [-0.2, 0) is 0 Å². The van der Waals surface area contributed by atoms with Crippen molar-refractivity contribution in [2.24, 2.45) is 0 Å². The summed E-state index contributed by atoms with van der Waals surface area (Å²) in [4.78, 5) is 4.07. The maximum atomic E-state index is 5.45. The second-order valence-corrected chi connectivity index (χ2v) is 2.45. The van der Waals surface area contributed by atoms with Crippen LogP contribution in [0.15, 0.2) is 24.5 Å². The standard InChI is InChI=1S/C6H4Cl2N/c7-6(8)5-2-1-3-9-4-5/h1-4H. The van der Waals surface area contributed by atoms with Crippen LogP contribution in [0.25, 0.3) is 0 Å². The number of hydrogen-bond acceptors (Lipinski definition) is 1. The highest BCUT2D eigenvalue weighted by molar-refractivity contribution is 6.54. The summed E-state index contributed by atoms with van der Waals surface area (Å²) < 4.78 is 0. The Kier molecular flexibility index (Phi) is 2.31. The molecule has 0 N–H and O–H groups in total. The minimum Gasteiger partial charge on any atom is -0.264 e. The van der Waals surface area contributed by atoms with Crippen molar-refractivity contribution in [3.63, 3.8) is 0 Å². The lowest BCUT2D eigenvalue weighted by atomic mass is 10.3. The van der Waals surface area contributed by atoms with Gasteiger partial charge < -0.3 is 0 Å². The van der Waals surface area contributed by atoms with Crippen LogP contribution in [0.4, 0.5) is 0 Å². The molecule has 9 heavy (non-hydrogen) atoms. The summed E-state index contributed by atoms with van der Waals surface area (Å²) >= 11 is 10.9. The third-order valence-electron chi connectivity index (χ3n) is 0.880. The van der Waals surface area contributed by atoms with Crippen molar-refractivity contribution in [3.8, 4) is 0 Å². The van der Waals surface area contributed by atoms with Crippen molar-refractivity contribution in [3.05, 3.63) is 34.9 Å². The quantitative estimate of drug-likeness (QED) is 0.616. The third kappa shape index (κ3) is 1.84. The third-order valence-corrected chi connectivity index (χ3v) is 1.32. The molecule has 0 spiro atoms. The molecule has 0 saturated heterocycles. The van der Waals surface area contributed by atoms with Gasteiger partial charge in [-0.3, -0.25) is 4.98 Å². The van der Waals surface area contributed by atoms with E-state index in [4.69, 9.17) is 23.2 Å². The molecule has 1 radical (unpaired) electrons. The lowest BCUT2D eigenvalue weighted by Gasteiger charge is -1.94. The van der Waals surface area contributed by atoms with E-state index in [0.29, 0.717) is 0 Å². The Bertz CT molecular complexity index is 174. The fourth-order valence-electron chi connectivity index (χ4n) is 0.475. The summed E-state index contributed by atoms with van der Waals surface area (Å²) in [6, 6.07) is 3.57. The molecule has 0 atom stereocenters. The normalized spacial score (nSPS) is 10.1. The predicted octanol–water partition coefficient (Wildman–Crippen LogP) is 2.40. The van der Waals surface area contributed by atoms with Crippen molar-refractivity contribution in [2.45, 2.75) is 0 Å². The summed E-state index contributed by atoms with van der Waals surface area (Å²) in [6.07, 6.45) is 3.27. The van der Waals surface area contributed by atoms with Crippen molar-refractivity contribution in [2.75, 3.05) is 0 Å². The molecule has 0 amide bonds. The maximum absolute atomic E-state index is 5.45.